The van der Waals surface area contributed by atoms with E-state index in [9.17, 15) is 14.4 Å². The summed E-state index contributed by atoms with van der Waals surface area (Å²) in [6.07, 6.45) is 0. The number of hydrogen-bond acceptors (Lipinski definition) is 5. The summed E-state index contributed by atoms with van der Waals surface area (Å²) in [5.74, 6) is -5.64. The number of amides is 2. The van der Waals surface area contributed by atoms with Crippen molar-refractivity contribution in [1.82, 2.24) is 0 Å². The quantitative estimate of drug-likeness (QED) is 0.286. The minimum Gasteiger partial charge on any atom is -0.350 e. The molecular formula is C19H15Cl4NO5. The highest BCUT2D eigenvalue weighted by atomic mass is 35.5. The van der Waals surface area contributed by atoms with Gasteiger partial charge in [0, 0.05) is 19.8 Å². The van der Waals surface area contributed by atoms with E-state index in [1.165, 1.54) is 27.2 Å². The number of Topliss-reactive ketones (excluding diaryl/α,β-unsaturated/α-hetero) is 1. The highest BCUT2D eigenvalue weighted by Crippen LogP contribution is 2.75. The van der Waals surface area contributed by atoms with E-state index < -0.39 is 39.2 Å². The van der Waals surface area contributed by atoms with Gasteiger partial charge >= 0.3 is 0 Å². The molecule has 4 atom stereocenters. The summed E-state index contributed by atoms with van der Waals surface area (Å²) >= 11 is 26.6. The summed E-state index contributed by atoms with van der Waals surface area (Å²) in [6, 6.07) is 6.17. The average molecular weight is 479 g/mol. The Morgan fingerprint density at radius 2 is 1.48 bits per heavy atom. The minimum atomic E-state index is -1.83. The van der Waals surface area contributed by atoms with E-state index in [4.69, 9.17) is 55.9 Å². The molecule has 1 saturated carbocycles. The molecule has 1 aliphatic heterocycles. The van der Waals surface area contributed by atoms with Crippen LogP contribution in [-0.2, 0) is 19.1 Å². The number of ether oxygens (including phenoxy) is 2. The van der Waals surface area contributed by atoms with Crippen molar-refractivity contribution in [2.75, 3.05) is 19.1 Å². The van der Waals surface area contributed by atoms with Gasteiger partial charge in [-0.1, -0.05) is 35.3 Å². The van der Waals surface area contributed by atoms with E-state index in [0.717, 1.165) is 4.90 Å². The number of ketones is 1. The van der Waals surface area contributed by atoms with Crippen LogP contribution in [0.3, 0.4) is 0 Å². The van der Waals surface area contributed by atoms with E-state index >= 15 is 0 Å². The third-order valence-electron chi connectivity index (χ3n) is 6.04. The van der Waals surface area contributed by atoms with Gasteiger partial charge in [0.25, 0.3) is 0 Å². The number of halogens is 4. The fraction of sp³-hybridized carbons (Fsp3) is 0.421. The standard InChI is InChI=1S/C19H15Cl4NO5/c1-8(25)9-5-4-6-10(7-9)24-15(26)11-12(16(24)27)18(23)14(21)13(20)17(11,22)19(18,28-2)29-3/h4-7,11-12H,1-3H3/t11-,12-,17+,18+/m1/s1. The molecule has 2 bridgehead atoms. The Morgan fingerprint density at radius 3 is 1.90 bits per heavy atom. The first-order chi connectivity index (χ1) is 13.5. The average Bonchev–Trinajstić information content (AvgIpc) is 3.12. The first-order valence-electron chi connectivity index (χ1n) is 8.57. The molecule has 0 radical (unpaired) electrons. The minimum absolute atomic E-state index is 0.0960. The Morgan fingerprint density at radius 1 is 1.00 bits per heavy atom. The van der Waals surface area contributed by atoms with Crippen LogP contribution < -0.4 is 4.90 Å². The zero-order valence-electron chi connectivity index (χ0n) is 15.5. The molecule has 2 amide bonds. The highest BCUT2D eigenvalue weighted by Gasteiger charge is 2.89. The van der Waals surface area contributed by atoms with Gasteiger partial charge in [-0.05, 0) is 19.1 Å². The summed E-state index contributed by atoms with van der Waals surface area (Å²) in [4.78, 5) is 35.9. The Kier molecular flexibility index (Phi) is 4.67. The molecular weight excluding hydrogens is 464 g/mol. The third kappa shape index (κ3) is 2.10. The number of rotatable bonds is 4. The second kappa shape index (κ2) is 6.42. The van der Waals surface area contributed by atoms with Crippen LogP contribution in [0.15, 0.2) is 34.3 Å². The van der Waals surface area contributed by atoms with Gasteiger partial charge in [0.05, 0.1) is 27.6 Å². The normalized spacial score (nSPS) is 34.9. The predicted molar refractivity (Wildman–Crippen MR) is 109 cm³/mol. The lowest BCUT2D eigenvalue weighted by Crippen LogP contribution is -2.60. The van der Waals surface area contributed by atoms with E-state index in [2.05, 4.69) is 0 Å². The number of hydrogen-bond donors (Lipinski definition) is 0. The molecule has 154 valence electrons. The van der Waals surface area contributed by atoms with Crippen molar-refractivity contribution in [3.8, 4) is 0 Å². The van der Waals surface area contributed by atoms with Crippen LogP contribution in [0.5, 0.6) is 0 Å². The first-order valence-corrected chi connectivity index (χ1v) is 10.1. The molecule has 10 heteroatoms. The van der Waals surface area contributed by atoms with Gasteiger partial charge < -0.3 is 9.47 Å². The number of fused-ring (bicyclic) bond motifs is 5. The molecule has 0 N–H and O–H groups in total. The topological polar surface area (TPSA) is 72.9 Å². The number of carbonyl (C=O) groups excluding carboxylic acids is 3. The van der Waals surface area contributed by atoms with Crippen molar-refractivity contribution in [2.24, 2.45) is 11.8 Å². The maximum Gasteiger partial charge on any atom is 0.240 e. The second-order valence-electron chi connectivity index (χ2n) is 7.15. The SMILES string of the molecule is COC1(OC)[C@@]2(Cl)C(Cl)=C(Cl)[C@@]1(Cl)[C@H]1C(=O)N(c3cccc(C(C)=O)c3)C(=O)[C@@H]12. The summed E-state index contributed by atoms with van der Waals surface area (Å²) in [7, 11) is 2.59. The van der Waals surface area contributed by atoms with Gasteiger partial charge in [0.1, 0.15) is 9.75 Å². The van der Waals surface area contributed by atoms with Crippen molar-refractivity contribution in [3.63, 3.8) is 0 Å². The Bertz CT molecular complexity index is 960. The van der Waals surface area contributed by atoms with Crippen molar-refractivity contribution < 1.29 is 23.9 Å². The lowest BCUT2D eigenvalue weighted by Gasteiger charge is -2.42. The zero-order valence-corrected chi connectivity index (χ0v) is 18.5. The molecule has 6 nitrogen and oxygen atoms in total. The van der Waals surface area contributed by atoms with Crippen LogP contribution >= 0.6 is 46.4 Å². The van der Waals surface area contributed by atoms with Gasteiger partial charge in [-0.3, -0.25) is 14.4 Å². The van der Waals surface area contributed by atoms with Gasteiger partial charge in [0.15, 0.2) is 5.78 Å². The number of nitrogens with zero attached hydrogens (tertiary/aromatic N) is 1. The number of benzene rings is 1. The summed E-state index contributed by atoms with van der Waals surface area (Å²) in [6.45, 7) is 1.39. The van der Waals surface area contributed by atoms with Crippen molar-refractivity contribution >= 4 is 69.7 Å². The molecule has 2 aliphatic carbocycles. The molecule has 1 saturated heterocycles. The fourth-order valence-electron chi connectivity index (χ4n) is 4.82. The Labute approximate surface area is 186 Å². The summed E-state index contributed by atoms with van der Waals surface area (Å²) in [5, 5.41) is -0.192. The van der Waals surface area contributed by atoms with Crippen molar-refractivity contribution in [1.29, 1.82) is 0 Å². The first kappa shape index (κ1) is 21.1. The smallest absolute Gasteiger partial charge is 0.240 e. The monoisotopic (exact) mass is 477 g/mol. The predicted octanol–water partition coefficient (Wildman–Crippen LogP) is 3.66. The number of carbonyl (C=O) groups is 3. The number of anilines is 1. The lowest BCUT2D eigenvalue weighted by atomic mass is 9.84. The van der Waals surface area contributed by atoms with Crippen molar-refractivity contribution in [3.05, 3.63) is 39.9 Å². The summed E-state index contributed by atoms with van der Waals surface area (Å²) in [5.41, 5.74) is 0.580. The molecule has 1 heterocycles. The van der Waals surface area contributed by atoms with Gasteiger partial charge in [-0.25, -0.2) is 4.90 Å². The maximum atomic E-state index is 13.4. The van der Waals surface area contributed by atoms with Crippen LogP contribution in [0.25, 0.3) is 0 Å². The summed E-state index contributed by atoms with van der Waals surface area (Å²) < 4.78 is 11.1. The van der Waals surface area contributed by atoms with E-state index in [0.29, 0.717) is 5.56 Å². The van der Waals surface area contributed by atoms with E-state index in [1.807, 2.05) is 0 Å². The van der Waals surface area contributed by atoms with E-state index in [-0.39, 0.29) is 21.5 Å². The maximum absolute atomic E-state index is 13.4. The molecule has 29 heavy (non-hydrogen) atoms. The van der Waals surface area contributed by atoms with Gasteiger partial charge in [0.2, 0.25) is 17.6 Å². The molecule has 0 spiro atoms. The second-order valence-corrected chi connectivity index (χ2v) is 9.10. The van der Waals surface area contributed by atoms with Crippen LogP contribution in [-0.4, -0.2) is 47.4 Å². The molecule has 0 unspecified atom stereocenters. The molecule has 0 aromatic heterocycles. The van der Waals surface area contributed by atoms with Crippen molar-refractivity contribution in [2.45, 2.75) is 22.5 Å². The fourth-order valence-corrected chi connectivity index (χ4v) is 6.98. The zero-order chi connectivity index (χ0) is 21.5. The van der Waals surface area contributed by atoms with Crippen LogP contribution in [0.4, 0.5) is 5.69 Å². The van der Waals surface area contributed by atoms with Gasteiger partial charge in [-0.15, -0.1) is 23.2 Å². The van der Waals surface area contributed by atoms with Crippen LogP contribution in [0.1, 0.15) is 17.3 Å². The third-order valence-corrected chi connectivity index (χ3v) is 8.65. The molecule has 3 aliphatic rings. The van der Waals surface area contributed by atoms with E-state index in [1.54, 1.807) is 18.2 Å². The largest absolute Gasteiger partial charge is 0.350 e. The van der Waals surface area contributed by atoms with Crippen LogP contribution in [0, 0.1) is 11.8 Å². The molecule has 4 rings (SSSR count). The number of alkyl halides is 2. The Hall–Kier alpha value is -1.15. The Balaban J connectivity index is 1.91. The molecule has 2 fully saturated rings. The molecule has 1 aromatic carbocycles. The number of methoxy groups -OCH3 is 2. The lowest BCUT2D eigenvalue weighted by molar-refractivity contribution is -0.221. The highest BCUT2D eigenvalue weighted by molar-refractivity contribution is 6.54. The van der Waals surface area contributed by atoms with Crippen LogP contribution in [0.2, 0.25) is 0 Å². The van der Waals surface area contributed by atoms with Gasteiger partial charge in [-0.2, -0.15) is 0 Å². The number of imide groups is 1. The molecule has 1 aromatic rings.